The number of ether oxygens (including phenoxy) is 3. The standard InChI is InChI=1S/C20H22O5/c1-3-23-20(22)17(12-24-18-11-13(2)19(21)25-18)16-10-6-8-14-7-4-5-9-15(14)16/h4-5,7,9,11-12,16,18H,3,6,8,10H2,1-2H3/b17-12+. The molecule has 5 nitrogen and oxygen atoms in total. The van der Waals surface area contributed by atoms with Crippen molar-refractivity contribution in [2.24, 2.45) is 0 Å². The smallest absolute Gasteiger partial charge is 0.337 e. The Morgan fingerprint density at radius 2 is 2.16 bits per heavy atom. The van der Waals surface area contributed by atoms with Crippen LogP contribution >= 0.6 is 0 Å². The van der Waals surface area contributed by atoms with Crippen LogP contribution in [0.4, 0.5) is 0 Å². The topological polar surface area (TPSA) is 61.8 Å². The van der Waals surface area contributed by atoms with Crippen molar-refractivity contribution in [2.75, 3.05) is 6.61 Å². The zero-order chi connectivity index (χ0) is 17.8. The first-order valence-corrected chi connectivity index (χ1v) is 8.60. The molecule has 0 bridgehead atoms. The highest BCUT2D eigenvalue weighted by molar-refractivity contribution is 5.91. The first-order valence-electron chi connectivity index (χ1n) is 8.60. The van der Waals surface area contributed by atoms with Gasteiger partial charge in [-0.3, -0.25) is 0 Å². The highest BCUT2D eigenvalue weighted by Gasteiger charge is 2.30. The van der Waals surface area contributed by atoms with Gasteiger partial charge in [0.15, 0.2) is 0 Å². The van der Waals surface area contributed by atoms with Crippen molar-refractivity contribution in [1.82, 2.24) is 0 Å². The summed E-state index contributed by atoms with van der Waals surface area (Å²) < 4.78 is 15.8. The summed E-state index contributed by atoms with van der Waals surface area (Å²) in [4.78, 5) is 23.9. The molecule has 0 radical (unpaired) electrons. The van der Waals surface area contributed by atoms with Crippen LogP contribution in [0.15, 0.2) is 47.7 Å². The number of carbonyl (C=O) groups is 2. The quantitative estimate of drug-likeness (QED) is 0.466. The number of hydrogen-bond donors (Lipinski definition) is 0. The zero-order valence-electron chi connectivity index (χ0n) is 14.5. The maximum absolute atomic E-state index is 12.5. The van der Waals surface area contributed by atoms with Gasteiger partial charge in [-0.1, -0.05) is 24.3 Å². The molecule has 0 N–H and O–H groups in total. The number of aryl methyl sites for hydroxylation is 1. The van der Waals surface area contributed by atoms with E-state index in [2.05, 4.69) is 6.07 Å². The number of rotatable bonds is 5. The second-order valence-corrected chi connectivity index (χ2v) is 6.20. The Hall–Kier alpha value is -2.56. The Labute approximate surface area is 147 Å². The van der Waals surface area contributed by atoms with E-state index >= 15 is 0 Å². The molecular formula is C20H22O5. The van der Waals surface area contributed by atoms with Crippen LogP contribution in [0.1, 0.15) is 43.7 Å². The molecule has 0 saturated heterocycles. The lowest BCUT2D eigenvalue weighted by Crippen LogP contribution is -2.20. The lowest BCUT2D eigenvalue weighted by molar-refractivity contribution is -0.152. The first kappa shape index (κ1) is 17.3. The molecule has 5 heteroatoms. The Morgan fingerprint density at radius 1 is 1.36 bits per heavy atom. The Balaban J connectivity index is 1.87. The van der Waals surface area contributed by atoms with Gasteiger partial charge in [-0.25, -0.2) is 9.59 Å². The van der Waals surface area contributed by atoms with E-state index in [1.807, 2.05) is 18.2 Å². The number of benzene rings is 1. The van der Waals surface area contributed by atoms with Crippen LogP contribution in [0.2, 0.25) is 0 Å². The molecule has 3 rings (SSSR count). The predicted octanol–water partition coefficient (Wildman–Crippen LogP) is 3.40. The molecule has 2 atom stereocenters. The molecule has 1 aliphatic carbocycles. The minimum Gasteiger partial charge on any atom is -0.463 e. The Kier molecular flexibility index (Phi) is 5.22. The van der Waals surface area contributed by atoms with E-state index in [1.165, 1.54) is 11.8 Å². The van der Waals surface area contributed by atoms with Gasteiger partial charge < -0.3 is 14.2 Å². The molecular weight excluding hydrogens is 320 g/mol. The largest absolute Gasteiger partial charge is 0.463 e. The van der Waals surface area contributed by atoms with Crippen molar-refractivity contribution in [1.29, 1.82) is 0 Å². The summed E-state index contributed by atoms with van der Waals surface area (Å²) in [5.41, 5.74) is 3.34. The summed E-state index contributed by atoms with van der Waals surface area (Å²) in [6.07, 6.45) is 5.05. The monoisotopic (exact) mass is 342 g/mol. The van der Waals surface area contributed by atoms with Crippen LogP contribution in [-0.4, -0.2) is 24.8 Å². The highest BCUT2D eigenvalue weighted by Crippen LogP contribution is 2.37. The third kappa shape index (κ3) is 3.76. The van der Waals surface area contributed by atoms with E-state index in [4.69, 9.17) is 14.2 Å². The van der Waals surface area contributed by atoms with Crippen molar-refractivity contribution < 1.29 is 23.8 Å². The van der Waals surface area contributed by atoms with Crippen LogP contribution in [-0.2, 0) is 30.2 Å². The van der Waals surface area contributed by atoms with Gasteiger partial charge >= 0.3 is 11.9 Å². The minimum atomic E-state index is -0.796. The average molecular weight is 342 g/mol. The average Bonchev–Trinajstić information content (AvgIpc) is 2.93. The maximum Gasteiger partial charge on any atom is 0.337 e. The van der Waals surface area contributed by atoms with Crippen molar-refractivity contribution in [3.63, 3.8) is 0 Å². The first-order chi connectivity index (χ1) is 12.1. The molecule has 1 aliphatic heterocycles. The molecule has 1 heterocycles. The number of hydrogen-bond acceptors (Lipinski definition) is 5. The van der Waals surface area contributed by atoms with E-state index in [0.29, 0.717) is 17.8 Å². The molecule has 2 aliphatic rings. The molecule has 132 valence electrons. The zero-order valence-corrected chi connectivity index (χ0v) is 14.5. The van der Waals surface area contributed by atoms with Gasteiger partial charge in [-0.15, -0.1) is 0 Å². The van der Waals surface area contributed by atoms with Gasteiger partial charge in [0, 0.05) is 17.6 Å². The molecule has 0 spiro atoms. The molecule has 0 fully saturated rings. The van der Waals surface area contributed by atoms with Gasteiger partial charge in [0.25, 0.3) is 6.29 Å². The summed E-state index contributed by atoms with van der Waals surface area (Å²) in [7, 11) is 0. The summed E-state index contributed by atoms with van der Waals surface area (Å²) in [5.74, 6) is -0.875. The van der Waals surface area contributed by atoms with Gasteiger partial charge in [-0.2, -0.15) is 0 Å². The maximum atomic E-state index is 12.5. The highest BCUT2D eigenvalue weighted by atomic mass is 16.7. The Bertz CT molecular complexity index is 731. The number of esters is 2. The van der Waals surface area contributed by atoms with Gasteiger partial charge in [-0.05, 0) is 44.2 Å². The summed E-state index contributed by atoms with van der Waals surface area (Å²) in [5, 5.41) is 0. The van der Waals surface area contributed by atoms with E-state index in [-0.39, 0.29) is 5.92 Å². The molecule has 0 saturated carbocycles. The number of fused-ring (bicyclic) bond motifs is 1. The normalized spacial score (nSPS) is 22.7. The number of carbonyl (C=O) groups excluding carboxylic acids is 2. The van der Waals surface area contributed by atoms with Gasteiger partial charge in [0.2, 0.25) is 0 Å². The van der Waals surface area contributed by atoms with E-state index in [1.54, 1.807) is 19.9 Å². The third-order valence-electron chi connectivity index (χ3n) is 4.52. The lowest BCUT2D eigenvalue weighted by atomic mass is 9.79. The molecule has 2 unspecified atom stereocenters. The molecule has 1 aromatic rings. The minimum absolute atomic E-state index is 0.0776. The van der Waals surface area contributed by atoms with Crippen LogP contribution in [0, 0.1) is 0 Å². The fourth-order valence-electron chi connectivity index (χ4n) is 3.28. The SMILES string of the molecule is CCOC(=O)/C(=C/OC1C=C(C)C(=O)O1)C1CCCc2ccccc21. The van der Waals surface area contributed by atoms with Crippen molar-refractivity contribution in [2.45, 2.75) is 45.3 Å². The fraction of sp³-hybridized carbons (Fsp3) is 0.400. The predicted molar refractivity (Wildman–Crippen MR) is 91.6 cm³/mol. The summed E-state index contributed by atoms with van der Waals surface area (Å²) >= 11 is 0. The second-order valence-electron chi connectivity index (χ2n) is 6.20. The van der Waals surface area contributed by atoms with Crippen LogP contribution < -0.4 is 0 Å². The van der Waals surface area contributed by atoms with Crippen molar-refractivity contribution >= 4 is 11.9 Å². The lowest BCUT2D eigenvalue weighted by Gasteiger charge is -2.26. The second kappa shape index (κ2) is 7.55. The number of cyclic esters (lactones) is 1. The van der Waals surface area contributed by atoms with Crippen LogP contribution in [0.5, 0.6) is 0 Å². The van der Waals surface area contributed by atoms with Crippen LogP contribution in [0.25, 0.3) is 0 Å². The molecule has 0 aromatic heterocycles. The molecule has 1 aromatic carbocycles. The Morgan fingerprint density at radius 3 is 2.88 bits per heavy atom. The van der Waals surface area contributed by atoms with Crippen molar-refractivity contribution in [3.05, 3.63) is 58.9 Å². The van der Waals surface area contributed by atoms with Gasteiger partial charge in [0.05, 0.1) is 18.4 Å². The van der Waals surface area contributed by atoms with E-state index in [9.17, 15) is 9.59 Å². The van der Waals surface area contributed by atoms with Gasteiger partial charge in [0.1, 0.15) is 0 Å². The fourth-order valence-corrected chi connectivity index (χ4v) is 3.28. The molecule has 0 amide bonds. The van der Waals surface area contributed by atoms with E-state index < -0.39 is 18.2 Å². The van der Waals surface area contributed by atoms with E-state index in [0.717, 1.165) is 24.8 Å². The van der Waals surface area contributed by atoms with Crippen LogP contribution in [0.3, 0.4) is 0 Å². The van der Waals surface area contributed by atoms with Crippen molar-refractivity contribution in [3.8, 4) is 0 Å². The third-order valence-corrected chi connectivity index (χ3v) is 4.52. The summed E-state index contributed by atoms with van der Waals surface area (Å²) in [6, 6.07) is 8.13. The molecule has 25 heavy (non-hydrogen) atoms. The summed E-state index contributed by atoms with van der Waals surface area (Å²) in [6.45, 7) is 3.73.